The molecule has 1 aromatic rings. The van der Waals surface area contributed by atoms with Gasteiger partial charge in [0.05, 0.1) is 5.56 Å². The third-order valence-corrected chi connectivity index (χ3v) is 2.76. The Balaban J connectivity index is 2.72. The number of hydrogen-bond donors (Lipinski definition) is 3. The van der Waals surface area contributed by atoms with Crippen LogP contribution >= 0.6 is 0 Å². The molecule has 104 valence electrons. The predicted octanol–water partition coefficient (Wildman–Crippen LogP) is 1.38. The molecule has 0 fully saturated rings. The van der Waals surface area contributed by atoms with Crippen LogP contribution in [-0.4, -0.2) is 49.2 Å². The number of nitrogens with one attached hydrogen (secondary N) is 2. The van der Waals surface area contributed by atoms with Crippen molar-refractivity contribution in [3.63, 3.8) is 0 Å². The van der Waals surface area contributed by atoms with E-state index in [1.165, 1.54) is 12.1 Å². The maximum absolute atomic E-state index is 11.9. The van der Waals surface area contributed by atoms with Gasteiger partial charge < -0.3 is 20.6 Å². The average molecular weight is 265 g/mol. The normalized spacial score (nSPS) is 10.1. The standard InChI is InChI=1S/C13H19N3O3/c1-9-8-10(12(17)18)4-5-11(9)15-13(19)16(3)7-6-14-2/h4-5,8,14H,6-7H2,1-3H3,(H,15,19)(H,17,18). The highest BCUT2D eigenvalue weighted by Gasteiger charge is 2.11. The smallest absolute Gasteiger partial charge is 0.335 e. The van der Waals surface area contributed by atoms with Crippen molar-refractivity contribution in [2.24, 2.45) is 0 Å². The van der Waals surface area contributed by atoms with E-state index >= 15 is 0 Å². The first-order valence-corrected chi connectivity index (χ1v) is 5.96. The maximum atomic E-state index is 11.9. The summed E-state index contributed by atoms with van der Waals surface area (Å²) in [7, 11) is 3.52. The first-order chi connectivity index (χ1) is 8.95. The maximum Gasteiger partial charge on any atom is 0.335 e. The molecule has 2 amide bonds. The molecule has 1 rings (SSSR count). The second kappa shape index (κ2) is 6.75. The first kappa shape index (κ1) is 15.0. The minimum atomic E-state index is -0.980. The summed E-state index contributed by atoms with van der Waals surface area (Å²) in [6.07, 6.45) is 0. The Labute approximate surface area is 112 Å². The lowest BCUT2D eigenvalue weighted by molar-refractivity contribution is 0.0697. The number of benzene rings is 1. The molecular weight excluding hydrogens is 246 g/mol. The van der Waals surface area contributed by atoms with Crippen LogP contribution in [0.4, 0.5) is 10.5 Å². The second-order valence-electron chi connectivity index (χ2n) is 4.29. The van der Waals surface area contributed by atoms with Crippen LogP contribution in [0.5, 0.6) is 0 Å². The van der Waals surface area contributed by atoms with Gasteiger partial charge in [-0.2, -0.15) is 0 Å². The number of urea groups is 1. The zero-order valence-corrected chi connectivity index (χ0v) is 11.4. The molecule has 0 radical (unpaired) electrons. The van der Waals surface area contributed by atoms with Gasteiger partial charge in [-0.1, -0.05) is 0 Å². The number of nitrogens with zero attached hydrogens (tertiary/aromatic N) is 1. The molecule has 6 nitrogen and oxygen atoms in total. The number of rotatable bonds is 5. The molecule has 0 atom stereocenters. The quantitative estimate of drug-likeness (QED) is 0.751. The molecule has 19 heavy (non-hydrogen) atoms. The fraction of sp³-hybridized carbons (Fsp3) is 0.385. The van der Waals surface area contributed by atoms with Crippen molar-refractivity contribution in [1.29, 1.82) is 0 Å². The number of anilines is 1. The third-order valence-electron chi connectivity index (χ3n) is 2.76. The van der Waals surface area contributed by atoms with Gasteiger partial charge >= 0.3 is 12.0 Å². The summed E-state index contributed by atoms with van der Waals surface area (Å²) < 4.78 is 0. The minimum absolute atomic E-state index is 0.207. The van der Waals surface area contributed by atoms with Crippen LogP contribution in [0, 0.1) is 6.92 Å². The zero-order chi connectivity index (χ0) is 14.4. The number of aryl methyl sites for hydroxylation is 1. The summed E-state index contributed by atoms with van der Waals surface area (Å²) >= 11 is 0. The number of carbonyl (C=O) groups excluding carboxylic acids is 1. The van der Waals surface area contributed by atoms with Crippen LogP contribution in [0.25, 0.3) is 0 Å². The van der Waals surface area contributed by atoms with Gasteiger partial charge in [-0.15, -0.1) is 0 Å². The van der Waals surface area contributed by atoms with Gasteiger partial charge in [-0.25, -0.2) is 9.59 Å². The van der Waals surface area contributed by atoms with Crippen LogP contribution in [0.3, 0.4) is 0 Å². The SMILES string of the molecule is CNCCN(C)C(=O)Nc1ccc(C(=O)O)cc1C. The molecule has 0 saturated carbocycles. The Morgan fingerprint density at radius 2 is 2.05 bits per heavy atom. The second-order valence-corrected chi connectivity index (χ2v) is 4.29. The van der Waals surface area contributed by atoms with Crippen LogP contribution in [0.15, 0.2) is 18.2 Å². The summed E-state index contributed by atoms with van der Waals surface area (Å²) in [5.74, 6) is -0.980. The van der Waals surface area contributed by atoms with Crippen molar-refractivity contribution in [2.75, 3.05) is 32.5 Å². The van der Waals surface area contributed by atoms with Crippen molar-refractivity contribution in [3.8, 4) is 0 Å². The van der Waals surface area contributed by atoms with Gasteiger partial charge in [0.2, 0.25) is 0 Å². The molecule has 0 aromatic heterocycles. The topological polar surface area (TPSA) is 81.7 Å². The molecule has 0 heterocycles. The zero-order valence-electron chi connectivity index (χ0n) is 11.4. The van der Waals surface area contributed by atoms with Crippen LogP contribution in [-0.2, 0) is 0 Å². The van der Waals surface area contributed by atoms with E-state index in [0.717, 1.165) is 5.56 Å². The molecule has 0 spiro atoms. The molecule has 0 bridgehead atoms. The number of likely N-dealkylation sites (N-methyl/N-ethyl adjacent to an activating group) is 2. The van der Waals surface area contributed by atoms with Gasteiger partial charge in [-0.05, 0) is 37.7 Å². The summed E-state index contributed by atoms with van der Waals surface area (Å²) in [4.78, 5) is 24.2. The Hall–Kier alpha value is -2.08. The summed E-state index contributed by atoms with van der Waals surface area (Å²) in [5, 5.41) is 14.6. The van der Waals surface area contributed by atoms with Gasteiger partial charge in [0.25, 0.3) is 0 Å². The summed E-state index contributed by atoms with van der Waals surface area (Å²) in [6.45, 7) is 3.06. The molecular formula is C13H19N3O3. The van der Waals surface area contributed by atoms with E-state index in [-0.39, 0.29) is 11.6 Å². The average Bonchev–Trinajstić information content (AvgIpc) is 2.37. The third kappa shape index (κ3) is 4.26. The summed E-state index contributed by atoms with van der Waals surface area (Å²) in [5.41, 5.74) is 1.54. The Bertz CT molecular complexity index is 474. The highest BCUT2D eigenvalue weighted by Crippen LogP contribution is 2.17. The molecule has 1 aromatic carbocycles. The van der Waals surface area contributed by atoms with Gasteiger partial charge in [0.1, 0.15) is 0 Å². The largest absolute Gasteiger partial charge is 0.478 e. The minimum Gasteiger partial charge on any atom is -0.478 e. The van der Waals surface area contributed by atoms with Crippen molar-refractivity contribution < 1.29 is 14.7 Å². The number of carboxylic acid groups (broad SMARTS) is 1. The number of amides is 2. The van der Waals surface area contributed by atoms with Crippen LogP contribution < -0.4 is 10.6 Å². The van der Waals surface area contributed by atoms with E-state index in [9.17, 15) is 9.59 Å². The molecule has 0 aliphatic rings. The van der Waals surface area contributed by atoms with Crippen molar-refractivity contribution >= 4 is 17.7 Å². The van der Waals surface area contributed by atoms with E-state index in [4.69, 9.17) is 5.11 Å². The predicted molar refractivity (Wildman–Crippen MR) is 73.7 cm³/mol. The van der Waals surface area contributed by atoms with Gasteiger partial charge in [-0.3, -0.25) is 0 Å². The van der Waals surface area contributed by atoms with Gasteiger partial charge in [0, 0.05) is 25.8 Å². The highest BCUT2D eigenvalue weighted by atomic mass is 16.4. The first-order valence-electron chi connectivity index (χ1n) is 5.96. The Kier molecular flexibility index (Phi) is 5.32. The van der Waals surface area contributed by atoms with Gasteiger partial charge in [0.15, 0.2) is 0 Å². The Morgan fingerprint density at radius 3 is 2.58 bits per heavy atom. The van der Waals surface area contributed by atoms with E-state index in [1.54, 1.807) is 24.9 Å². The van der Waals surface area contributed by atoms with Crippen molar-refractivity contribution in [3.05, 3.63) is 29.3 Å². The molecule has 0 saturated heterocycles. The van der Waals surface area contributed by atoms with Crippen LogP contribution in [0.1, 0.15) is 15.9 Å². The molecule has 0 aliphatic heterocycles. The van der Waals surface area contributed by atoms with E-state index in [0.29, 0.717) is 18.8 Å². The fourth-order valence-electron chi connectivity index (χ4n) is 1.53. The summed E-state index contributed by atoms with van der Waals surface area (Å²) in [6, 6.07) is 4.38. The van der Waals surface area contributed by atoms with E-state index in [2.05, 4.69) is 10.6 Å². The number of carboxylic acids is 1. The monoisotopic (exact) mass is 265 g/mol. The fourth-order valence-corrected chi connectivity index (χ4v) is 1.53. The number of hydrogen-bond acceptors (Lipinski definition) is 3. The lowest BCUT2D eigenvalue weighted by Crippen LogP contribution is -2.36. The highest BCUT2D eigenvalue weighted by molar-refractivity contribution is 5.92. The molecule has 3 N–H and O–H groups in total. The lowest BCUT2D eigenvalue weighted by Gasteiger charge is -2.18. The lowest BCUT2D eigenvalue weighted by atomic mass is 10.1. The molecule has 0 aliphatic carbocycles. The number of aromatic carboxylic acids is 1. The van der Waals surface area contributed by atoms with E-state index < -0.39 is 5.97 Å². The Morgan fingerprint density at radius 1 is 1.37 bits per heavy atom. The van der Waals surface area contributed by atoms with Crippen molar-refractivity contribution in [2.45, 2.75) is 6.92 Å². The van der Waals surface area contributed by atoms with Crippen LogP contribution in [0.2, 0.25) is 0 Å². The molecule has 6 heteroatoms. The number of carbonyl (C=O) groups is 2. The van der Waals surface area contributed by atoms with E-state index in [1.807, 2.05) is 7.05 Å². The molecule has 0 unspecified atom stereocenters. The van der Waals surface area contributed by atoms with Crippen molar-refractivity contribution in [1.82, 2.24) is 10.2 Å².